The second-order valence-electron chi connectivity index (χ2n) is 6.93. The predicted octanol–water partition coefficient (Wildman–Crippen LogP) is 3.95. The molecule has 4 rings (SSSR count). The summed E-state index contributed by atoms with van der Waals surface area (Å²) in [5, 5.41) is 5.08. The standard InChI is InChI=1S/C21H21ClN4O2/c1-14-3-5-16(6-4-14)19-11-18(15-7-9-17(22)10-8-15)25(20(27)12-28-2)21-23-13-24-26(19)21/h3-10,13,18-19H,11-12H2,1-2H3/t18-,19+/m0/s1. The van der Waals surface area contributed by atoms with Crippen molar-refractivity contribution in [2.75, 3.05) is 18.6 Å². The fourth-order valence-electron chi connectivity index (χ4n) is 3.71. The molecule has 2 heterocycles. The van der Waals surface area contributed by atoms with Crippen LogP contribution in [0.15, 0.2) is 54.9 Å². The first-order chi connectivity index (χ1) is 13.6. The van der Waals surface area contributed by atoms with Gasteiger partial charge in [0.15, 0.2) is 0 Å². The molecule has 2 aromatic carbocycles. The largest absolute Gasteiger partial charge is 0.375 e. The van der Waals surface area contributed by atoms with Crippen LogP contribution < -0.4 is 4.90 Å². The maximum atomic E-state index is 12.9. The van der Waals surface area contributed by atoms with Crippen LogP contribution in [0.4, 0.5) is 5.95 Å². The van der Waals surface area contributed by atoms with Gasteiger partial charge in [-0.05, 0) is 36.6 Å². The Morgan fingerprint density at radius 1 is 1.11 bits per heavy atom. The summed E-state index contributed by atoms with van der Waals surface area (Å²) in [6, 6.07) is 15.8. The van der Waals surface area contributed by atoms with E-state index in [-0.39, 0.29) is 24.6 Å². The molecular formula is C21H21ClN4O2. The lowest BCUT2D eigenvalue weighted by atomic mass is 9.91. The van der Waals surface area contributed by atoms with E-state index < -0.39 is 0 Å². The number of amides is 1. The Bertz CT molecular complexity index is 969. The van der Waals surface area contributed by atoms with E-state index in [1.165, 1.54) is 19.0 Å². The molecular weight excluding hydrogens is 376 g/mol. The van der Waals surface area contributed by atoms with Crippen LogP contribution in [0, 0.1) is 6.92 Å². The number of hydrogen-bond donors (Lipinski definition) is 0. The molecule has 0 spiro atoms. The second kappa shape index (κ2) is 7.73. The zero-order valence-electron chi connectivity index (χ0n) is 15.7. The molecule has 0 unspecified atom stereocenters. The van der Waals surface area contributed by atoms with Gasteiger partial charge in [-0.2, -0.15) is 10.1 Å². The van der Waals surface area contributed by atoms with Crippen LogP contribution in [-0.2, 0) is 9.53 Å². The number of methoxy groups -OCH3 is 1. The van der Waals surface area contributed by atoms with Gasteiger partial charge in [0.2, 0.25) is 5.95 Å². The minimum atomic E-state index is -0.192. The molecule has 0 radical (unpaired) electrons. The average molecular weight is 397 g/mol. The summed E-state index contributed by atoms with van der Waals surface area (Å²) in [4.78, 5) is 19.0. The van der Waals surface area contributed by atoms with Gasteiger partial charge in [0.1, 0.15) is 12.9 Å². The van der Waals surface area contributed by atoms with Crippen molar-refractivity contribution >= 4 is 23.5 Å². The smallest absolute Gasteiger partial charge is 0.255 e. The number of anilines is 1. The van der Waals surface area contributed by atoms with Crippen molar-refractivity contribution in [3.8, 4) is 0 Å². The summed E-state index contributed by atoms with van der Waals surface area (Å²) in [7, 11) is 1.51. The quantitative estimate of drug-likeness (QED) is 0.669. The summed E-state index contributed by atoms with van der Waals surface area (Å²) in [5.74, 6) is 0.373. The molecule has 0 N–H and O–H groups in total. The molecule has 0 fully saturated rings. The highest BCUT2D eigenvalue weighted by Crippen LogP contribution is 2.42. The van der Waals surface area contributed by atoms with Crippen molar-refractivity contribution in [1.29, 1.82) is 0 Å². The van der Waals surface area contributed by atoms with Crippen molar-refractivity contribution in [1.82, 2.24) is 14.8 Å². The SMILES string of the molecule is COCC(=O)N1c2ncnn2[C@@H](c2ccc(C)cc2)C[C@H]1c1ccc(Cl)cc1. The molecule has 144 valence electrons. The summed E-state index contributed by atoms with van der Waals surface area (Å²) < 4.78 is 6.93. The number of aromatic nitrogens is 3. The van der Waals surface area contributed by atoms with Gasteiger partial charge >= 0.3 is 0 Å². The molecule has 1 amide bonds. The van der Waals surface area contributed by atoms with E-state index in [2.05, 4.69) is 41.3 Å². The van der Waals surface area contributed by atoms with Crippen LogP contribution >= 0.6 is 11.6 Å². The second-order valence-corrected chi connectivity index (χ2v) is 7.37. The van der Waals surface area contributed by atoms with Crippen molar-refractivity contribution in [3.05, 3.63) is 76.6 Å². The van der Waals surface area contributed by atoms with E-state index in [0.717, 1.165) is 11.1 Å². The van der Waals surface area contributed by atoms with Gasteiger partial charge in [0, 0.05) is 12.1 Å². The fourth-order valence-corrected chi connectivity index (χ4v) is 3.83. The lowest BCUT2D eigenvalue weighted by molar-refractivity contribution is -0.123. The summed E-state index contributed by atoms with van der Waals surface area (Å²) in [5.41, 5.74) is 3.33. The minimum Gasteiger partial charge on any atom is -0.375 e. The number of benzene rings is 2. The fraction of sp³-hybridized carbons (Fsp3) is 0.286. The van der Waals surface area contributed by atoms with Gasteiger partial charge in [-0.15, -0.1) is 0 Å². The van der Waals surface area contributed by atoms with Gasteiger partial charge in [0.05, 0.1) is 12.1 Å². The number of carbonyl (C=O) groups excluding carboxylic acids is 1. The monoisotopic (exact) mass is 396 g/mol. The molecule has 2 atom stereocenters. The number of ether oxygens (including phenoxy) is 1. The Hall–Kier alpha value is -2.70. The molecule has 0 bridgehead atoms. The van der Waals surface area contributed by atoms with Crippen molar-refractivity contribution < 1.29 is 9.53 Å². The Balaban J connectivity index is 1.81. The Morgan fingerprint density at radius 2 is 1.75 bits per heavy atom. The van der Waals surface area contributed by atoms with Crippen LogP contribution in [0.2, 0.25) is 5.02 Å². The molecule has 7 heteroatoms. The van der Waals surface area contributed by atoms with Crippen molar-refractivity contribution in [3.63, 3.8) is 0 Å². The predicted molar refractivity (Wildman–Crippen MR) is 108 cm³/mol. The Morgan fingerprint density at radius 3 is 2.43 bits per heavy atom. The molecule has 3 aromatic rings. The number of nitrogens with zero attached hydrogens (tertiary/aromatic N) is 4. The average Bonchev–Trinajstić information content (AvgIpc) is 3.18. The maximum Gasteiger partial charge on any atom is 0.255 e. The van der Waals surface area contributed by atoms with Crippen molar-refractivity contribution in [2.24, 2.45) is 0 Å². The third-order valence-corrected chi connectivity index (χ3v) is 5.33. The van der Waals surface area contributed by atoms with Gasteiger partial charge in [-0.3, -0.25) is 9.69 Å². The normalized spacial score (nSPS) is 18.8. The van der Waals surface area contributed by atoms with Gasteiger partial charge in [-0.25, -0.2) is 4.68 Å². The minimum absolute atomic E-state index is 0.0217. The lowest BCUT2D eigenvalue weighted by Gasteiger charge is -2.39. The first kappa shape index (κ1) is 18.7. The van der Waals surface area contributed by atoms with E-state index in [1.807, 2.05) is 28.9 Å². The number of aryl methyl sites for hydroxylation is 1. The third-order valence-electron chi connectivity index (χ3n) is 5.08. The first-order valence-electron chi connectivity index (χ1n) is 9.11. The van der Waals surface area contributed by atoms with E-state index in [4.69, 9.17) is 16.3 Å². The molecule has 0 saturated carbocycles. The Kier molecular flexibility index (Phi) is 5.15. The summed E-state index contributed by atoms with van der Waals surface area (Å²) in [6.07, 6.45) is 2.17. The summed E-state index contributed by atoms with van der Waals surface area (Å²) >= 11 is 6.08. The number of hydrogen-bond acceptors (Lipinski definition) is 4. The van der Waals surface area contributed by atoms with Crippen LogP contribution in [0.1, 0.15) is 35.2 Å². The van der Waals surface area contributed by atoms with Gasteiger partial charge < -0.3 is 4.74 Å². The van der Waals surface area contributed by atoms with E-state index in [0.29, 0.717) is 17.4 Å². The highest BCUT2D eigenvalue weighted by atomic mass is 35.5. The van der Waals surface area contributed by atoms with E-state index in [9.17, 15) is 4.79 Å². The van der Waals surface area contributed by atoms with Crippen LogP contribution in [0.5, 0.6) is 0 Å². The number of fused-ring (bicyclic) bond motifs is 1. The van der Waals surface area contributed by atoms with Crippen LogP contribution in [0.3, 0.4) is 0 Å². The van der Waals surface area contributed by atoms with Gasteiger partial charge in [0.25, 0.3) is 5.91 Å². The molecule has 1 aliphatic rings. The maximum absolute atomic E-state index is 12.9. The molecule has 28 heavy (non-hydrogen) atoms. The summed E-state index contributed by atoms with van der Waals surface area (Å²) in [6.45, 7) is 2.04. The molecule has 0 aliphatic carbocycles. The molecule has 0 saturated heterocycles. The zero-order chi connectivity index (χ0) is 19.7. The highest BCUT2D eigenvalue weighted by molar-refractivity contribution is 6.30. The van der Waals surface area contributed by atoms with E-state index >= 15 is 0 Å². The number of carbonyl (C=O) groups is 1. The van der Waals surface area contributed by atoms with Crippen molar-refractivity contribution in [2.45, 2.75) is 25.4 Å². The highest BCUT2D eigenvalue weighted by Gasteiger charge is 2.39. The lowest BCUT2D eigenvalue weighted by Crippen LogP contribution is -2.44. The Labute approximate surface area is 168 Å². The number of rotatable bonds is 4. The first-order valence-corrected chi connectivity index (χ1v) is 9.49. The van der Waals surface area contributed by atoms with Gasteiger partial charge in [-0.1, -0.05) is 53.6 Å². The molecule has 6 nitrogen and oxygen atoms in total. The zero-order valence-corrected chi connectivity index (χ0v) is 16.5. The molecule has 1 aromatic heterocycles. The van der Waals surface area contributed by atoms with Crippen LogP contribution in [-0.4, -0.2) is 34.4 Å². The number of halogens is 1. The van der Waals surface area contributed by atoms with Crippen LogP contribution in [0.25, 0.3) is 0 Å². The third kappa shape index (κ3) is 3.41. The van der Waals surface area contributed by atoms with E-state index in [1.54, 1.807) is 4.90 Å². The topological polar surface area (TPSA) is 60.2 Å². The molecule has 1 aliphatic heterocycles.